The summed E-state index contributed by atoms with van der Waals surface area (Å²) in [7, 11) is 1.66. The molecule has 136 valence electrons. The molecule has 0 fully saturated rings. The molecular formula is C18H21N5OS2. The summed E-state index contributed by atoms with van der Waals surface area (Å²) in [6.07, 6.45) is 0. The van der Waals surface area contributed by atoms with E-state index in [4.69, 9.17) is 4.74 Å². The summed E-state index contributed by atoms with van der Waals surface area (Å²) in [4.78, 5) is 8.98. The Labute approximate surface area is 161 Å². The molecule has 8 heteroatoms. The SMILES string of the molecule is CCSc1nnc(CSc2nc(C)cc(C)n2)n1-c1ccc(OC)cc1. The zero-order valence-corrected chi connectivity index (χ0v) is 16.9. The first-order valence-corrected chi connectivity index (χ1v) is 10.2. The van der Waals surface area contributed by atoms with Crippen molar-refractivity contribution in [2.75, 3.05) is 12.9 Å². The molecule has 0 N–H and O–H groups in total. The maximum absolute atomic E-state index is 5.26. The summed E-state index contributed by atoms with van der Waals surface area (Å²) in [5.41, 5.74) is 2.96. The fraction of sp³-hybridized carbons (Fsp3) is 0.333. The number of methoxy groups -OCH3 is 1. The van der Waals surface area contributed by atoms with Crippen LogP contribution in [0.25, 0.3) is 5.69 Å². The maximum atomic E-state index is 5.26. The number of rotatable bonds is 7. The van der Waals surface area contributed by atoms with Crippen molar-refractivity contribution in [2.45, 2.75) is 36.8 Å². The average Bonchev–Trinajstić information content (AvgIpc) is 3.02. The van der Waals surface area contributed by atoms with E-state index in [1.54, 1.807) is 30.6 Å². The van der Waals surface area contributed by atoms with Gasteiger partial charge in [0.1, 0.15) is 11.6 Å². The molecule has 0 saturated carbocycles. The maximum Gasteiger partial charge on any atom is 0.195 e. The van der Waals surface area contributed by atoms with Crippen LogP contribution in [-0.4, -0.2) is 37.6 Å². The number of thioether (sulfide) groups is 2. The Bertz CT molecular complexity index is 860. The van der Waals surface area contributed by atoms with Gasteiger partial charge in [-0.3, -0.25) is 4.57 Å². The van der Waals surface area contributed by atoms with Crippen molar-refractivity contribution in [1.29, 1.82) is 0 Å². The molecule has 1 aromatic carbocycles. The van der Waals surface area contributed by atoms with E-state index >= 15 is 0 Å². The Kier molecular flexibility index (Phi) is 6.16. The third-order valence-corrected chi connectivity index (χ3v) is 5.25. The van der Waals surface area contributed by atoms with Gasteiger partial charge in [0.05, 0.1) is 12.9 Å². The van der Waals surface area contributed by atoms with Gasteiger partial charge in [-0.1, -0.05) is 30.4 Å². The highest BCUT2D eigenvalue weighted by molar-refractivity contribution is 7.99. The fourth-order valence-corrected chi connectivity index (χ4v) is 4.05. The molecule has 0 amide bonds. The van der Waals surface area contributed by atoms with Crippen molar-refractivity contribution >= 4 is 23.5 Å². The molecular weight excluding hydrogens is 366 g/mol. The molecule has 0 spiro atoms. The molecule has 2 aromatic heterocycles. The first-order valence-electron chi connectivity index (χ1n) is 8.27. The topological polar surface area (TPSA) is 65.7 Å². The van der Waals surface area contributed by atoms with Gasteiger partial charge in [-0.15, -0.1) is 10.2 Å². The van der Waals surface area contributed by atoms with Crippen LogP contribution < -0.4 is 4.74 Å². The second kappa shape index (κ2) is 8.55. The van der Waals surface area contributed by atoms with Gasteiger partial charge in [0, 0.05) is 17.1 Å². The standard InChI is InChI=1S/C18H21N5OS2/c1-5-25-18-22-21-16(11-26-17-19-12(2)10-13(3)20-17)23(18)14-6-8-15(24-4)9-7-14/h6-10H,5,11H2,1-4H3. The first-order chi connectivity index (χ1) is 12.6. The third-order valence-electron chi connectivity index (χ3n) is 3.60. The van der Waals surface area contributed by atoms with Crippen molar-refractivity contribution in [2.24, 2.45) is 0 Å². The lowest BCUT2D eigenvalue weighted by Crippen LogP contribution is -2.03. The van der Waals surface area contributed by atoms with Crippen molar-refractivity contribution in [3.63, 3.8) is 0 Å². The predicted molar refractivity (Wildman–Crippen MR) is 105 cm³/mol. The van der Waals surface area contributed by atoms with E-state index in [2.05, 4.69) is 31.7 Å². The van der Waals surface area contributed by atoms with Crippen LogP contribution in [-0.2, 0) is 5.75 Å². The molecule has 0 aliphatic heterocycles. The summed E-state index contributed by atoms with van der Waals surface area (Å²) in [6, 6.07) is 9.89. The minimum atomic E-state index is 0.645. The van der Waals surface area contributed by atoms with E-state index in [0.29, 0.717) is 5.75 Å². The minimum Gasteiger partial charge on any atom is -0.497 e. The lowest BCUT2D eigenvalue weighted by molar-refractivity contribution is 0.414. The predicted octanol–water partition coefficient (Wildman–Crippen LogP) is 4.09. The highest BCUT2D eigenvalue weighted by atomic mass is 32.2. The zero-order chi connectivity index (χ0) is 18.5. The molecule has 3 aromatic rings. The lowest BCUT2D eigenvalue weighted by atomic mass is 10.3. The number of aromatic nitrogens is 5. The van der Waals surface area contributed by atoms with E-state index in [-0.39, 0.29) is 0 Å². The second-order valence-electron chi connectivity index (χ2n) is 5.59. The van der Waals surface area contributed by atoms with Crippen LogP contribution in [0.4, 0.5) is 0 Å². The quantitative estimate of drug-likeness (QED) is 0.447. The minimum absolute atomic E-state index is 0.645. The molecule has 0 saturated heterocycles. The summed E-state index contributed by atoms with van der Waals surface area (Å²) in [6.45, 7) is 6.07. The Morgan fingerprint density at radius 3 is 2.31 bits per heavy atom. The molecule has 26 heavy (non-hydrogen) atoms. The Balaban J connectivity index is 1.88. The molecule has 0 radical (unpaired) electrons. The summed E-state index contributed by atoms with van der Waals surface area (Å²) in [5.74, 6) is 3.28. The molecule has 0 aliphatic carbocycles. The zero-order valence-electron chi connectivity index (χ0n) is 15.3. The van der Waals surface area contributed by atoms with Gasteiger partial charge < -0.3 is 4.74 Å². The van der Waals surface area contributed by atoms with Gasteiger partial charge in [-0.2, -0.15) is 0 Å². The van der Waals surface area contributed by atoms with Crippen LogP contribution in [0, 0.1) is 13.8 Å². The van der Waals surface area contributed by atoms with Gasteiger partial charge in [-0.25, -0.2) is 9.97 Å². The highest BCUT2D eigenvalue weighted by Crippen LogP contribution is 2.27. The van der Waals surface area contributed by atoms with Crippen molar-refractivity contribution < 1.29 is 4.74 Å². The molecule has 0 bridgehead atoms. The van der Waals surface area contributed by atoms with Crippen LogP contribution in [0.15, 0.2) is 40.6 Å². The molecule has 0 atom stereocenters. The summed E-state index contributed by atoms with van der Waals surface area (Å²) in [5, 5.41) is 10.4. The number of hydrogen-bond acceptors (Lipinski definition) is 7. The monoisotopic (exact) mass is 387 g/mol. The van der Waals surface area contributed by atoms with Gasteiger partial charge in [0.15, 0.2) is 10.3 Å². The third kappa shape index (κ3) is 4.37. The summed E-state index contributed by atoms with van der Waals surface area (Å²) < 4.78 is 7.34. The Morgan fingerprint density at radius 2 is 1.69 bits per heavy atom. The highest BCUT2D eigenvalue weighted by Gasteiger charge is 2.15. The van der Waals surface area contributed by atoms with Crippen molar-refractivity contribution in [3.05, 3.63) is 47.5 Å². The largest absolute Gasteiger partial charge is 0.497 e. The van der Waals surface area contributed by atoms with Crippen LogP contribution in [0.2, 0.25) is 0 Å². The molecule has 3 rings (SSSR count). The van der Waals surface area contributed by atoms with E-state index in [0.717, 1.165) is 44.7 Å². The van der Waals surface area contributed by atoms with Crippen molar-refractivity contribution in [1.82, 2.24) is 24.7 Å². The van der Waals surface area contributed by atoms with E-state index in [1.807, 2.05) is 44.2 Å². The van der Waals surface area contributed by atoms with E-state index in [1.165, 1.54) is 0 Å². The Hall–Kier alpha value is -2.06. The average molecular weight is 388 g/mol. The molecule has 2 heterocycles. The second-order valence-corrected chi connectivity index (χ2v) is 7.76. The fourth-order valence-electron chi connectivity index (χ4n) is 2.49. The normalized spacial score (nSPS) is 10.9. The first kappa shape index (κ1) is 18.7. The van der Waals surface area contributed by atoms with Crippen LogP contribution in [0.3, 0.4) is 0 Å². The molecule has 6 nitrogen and oxygen atoms in total. The smallest absolute Gasteiger partial charge is 0.195 e. The van der Waals surface area contributed by atoms with E-state index in [9.17, 15) is 0 Å². The van der Waals surface area contributed by atoms with Crippen LogP contribution in [0.5, 0.6) is 5.75 Å². The number of benzene rings is 1. The number of ether oxygens (including phenoxy) is 1. The lowest BCUT2D eigenvalue weighted by Gasteiger charge is -2.10. The summed E-state index contributed by atoms with van der Waals surface area (Å²) >= 11 is 3.24. The van der Waals surface area contributed by atoms with Gasteiger partial charge >= 0.3 is 0 Å². The van der Waals surface area contributed by atoms with Gasteiger partial charge in [0.25, 0.3) is 0 Å². The van der Waals surface area contributed by atoms with Crippen LogP contribution >= 0.6 is 23.5 Å². The van der Waals surface area contributed by atoms with Gasteiger partial charge in [-0.05, 0) is 49.9 Å². The molecule has 0 aliphatic rings. The molecule has 0 unspecified atom stereocenters. The van der Waals surface area contributed by atoms with Crippen molar-refractivity contribution in [3.8, 4) is 11.4 Å². The van der Waals surface area contributed by atoms with Crippen LogP contribution in [0.1, 0.15) is 24.1 Å². The van der Waals surface area contributed by atoms with Gasteiger partial charge in [0.2, 0.25) is 0 Å². The Morgan fingerprint density at radius 1 is 1.00 bits per heavy atom. The number of hydrogen-bond donors (Lipinski definition) is 0. The van der Waals surface area contributed by atoms with E-state index < -0.39 is 0 Å². The number of nitrogens with zero attached hydrogens (tertiary/aromatic N) is 5. The number of aryl methyl sites for hydroxylation is 2.